The van der Waals surface area contributed by atoms with Crippen molar-refractivity contribution in [2.24, 2.45) is 0 Å². The summed E-state index contributed by atoms with van der Waals surface area (Å²) in [6.07, 6.45) is 1.83. The highest BCUT2D eigenvalue weighted by molar-refractivity contribution is 7.17. The molecule has 3 aromatic heterocycles. The number of morpholine rings is 1. The Kier molecular flexibility index (Phi) is 5.87. The molecule has 1 saturated heterocycles. The molecule has 5 nitrogen and oxygen atoms in total. The molecule has 0 aromatic carbocycles. The van der Waals surface area contributed by atoms with Gasteiger partial charge in [0.15, 0.2) is 0 Å². The number of anilines is 1. The molecule has 7 heteroatoms. The highest BCUT2D eigenvalue weighted by Crippen LogP contribution is 2.42. The van der Waals surface area contributed by atoms with E-state index >= 15 is 0 Å². The van der Waals surface area contributed by atoms with Crippen LogP contribution in [0.5, 0.6) is 0 Å². The number of carbonyl (C=O) groups excluding carboxylic acids is 1. The van der Waals surface area contributed by atoms with E-state index in [9.17, 15) is 4.79 Å². The Morgan fingerprint density at radius 1 is 1.21 bits per heavy atom. The molecule has 0 unspecified atom stereocenters. The molecule has 1 N–H and O–H groups in total. The molecule has 28 heavy (non-hydrogen) atoms. The fourth-order valence-corrected chi connectivity index (χ4v) is 5.24. The van der Waals surface area contributed by atoms with Crippen molar-refractivity contribution in [3.63, 3.8) is 0 Å². The number of ether oxygens (including phenoxy) is 1. The molecule has 1 aliphatic heterocycles. The maximum atomic E-state index is 12.7. The topological polar surface area (TPSA) is 54.5 Å². The Balaban J connectivity index is 1.76. The number of aryl methyl sites for hydroxylation is 1. The van der Waals surface area contributed by atoms with Gasteiger partial charge in [-0.25, -0.2) is 0 Å². The lowest BCUT2D eigenvalue weighted by Crippen LogP contribution is -2.40. The highest BCUT2D eigenvalue weighted by Gasteiger charge is 2.31. The fraction of sp³-hybridized carbons (Fsp3) is 0.333. The zero-order valence-corrected chi connectivity index (χ0v) is 17.6. The van der Waals surface area contributed by atoms with Crippen molar-refractivity contribution >= 4 is 33.6 Å². The van der Waals surface area contributed by atoms with E-state index in [1.807, 2.05) is 35.8 Å². The Labute approximate surface area is 173 Å². The Bertz CT molecular complexity index is 932. The van der Waals surface area contributed by atoms with Crippen LogP contribution in [0.2, 0.25) is 0 Å². The van der Waals surface area contributed by atoms with Gasteiger partial charge in [-0.05, 0) is 43.0 Å². The van der Waals surface area contributed by atoms with Gasteiger partial charge in [0.05, 0.1) is 29.8 Å². The monoisotopic (exact) mass is 413 g/mol. The molecule has 0 radical (unpaired) electrons. The number of pyridine rings is 1. The van der Waals surface area contributed by atoms with Crippen LogP contribution in [0.15, 0.2) is 41.9 Å². The summed E-state index contributed by atoms with van der Waals surface area (Å²) in [6.45, 7) is 7.35. The summed E-state index contributed by atoms with van der Waals surface area (Å²) < 4.78 is 5.57. The third-order valence-electron chi connectivity index (χ3n) is 5.06. The Hall–Kier alpha value is -2.06. The third-order valence-corrected chi connectivity index (χ3v) is 7.06. The number of hydrogen-bond donors (Lipinski definition) is 1. The van der Waals surface area contributed by atoms with Gasteiger partial charge >= 0.3 is 0 Å². The molecule has 3 aromatic rings. The molecule has 146 valence electrons. The number of nitrogens with one attached hydrogen (secondary N) is 1. The van der Waals surface area contributed by atoms with Gasteiger partial charge in [-0.2, -0.15) is 0 Å². The molecule has 1 fully saturated rings. The van der Waals surface area contributed by atoms with E-state index in [0.29, 0.717) is 13.2 Å². The molecule has 0 aliphatic carbocycles. The van der Waals surface area contributed by atoms with Gasteiger partial charge in [-0.3, -0.25) is 14.7 Å². The van der Waals surface area contributed by atoms with Crippen molar-refractivity contribution in [3.05, 3.63) is 68.5 Å². The minimum absolute atomic E-state index is 0.00585. The van der Waals surface area contributed by atoms with Crippen molar-refractivity contribution in [3.8, 4) is 0 Å². The average molecular weight is 414 g/mol. The van der Waals surface area contributed by atoms with Crippen LogP contribution in [0, 0.1) is 13.8 Å². The van der Waals surface area contributed by atoms with Gasteiger partial charge in [-0.15, -0.1) is 22.7 Å². The van der Waals surface area contributed by atoms with Gasteiger partial charge in [0.2, 0.25) is 0 Å². The van der Waals surface area contributed by atoms with Crippen molar-refractivity contribution in [2.45, 2.75) is 19.9 Å². The van der Waals surface area contributed by atoms with E-state index in [0.717, 1.165) is 34.2 Å². The lowest BCUT2D eigenvalue weighted by molar-refractivity contribution is 0.0233. The van der Waals surface area contributed by atoms with Gasteiger partial charge in [-0.1, -0.05) is 12.1 Å². The van der Waals surface area contributed by atoms with Crippen LogP contribution >= 0.6 is 22.7 Å². The van der Waals surface area contributed by atoms with Crippen molar-refractivity contribution in [2.75, 3.05) is 31.6 Å². The van der Waals surface area contributed by atoms with Gasteiger partial charge in [0, 0.05) is 29.7 Å². The zero-order chi connectivity index (χ0) is 19.5. The number of nitrogens with zero attached hydrogens (tertiary/aromatic N) is 2. The number of rotatable bonds is 5. The number of aromatic nitrogens is 1. The number of thiophene rings is 2. The summed E-state index contributed by atoms with van der Waals surface area (Å²) in [5.74, 6) is -0.0563. The lowest BCUT2D eigenvalue weighted by Gasteiger charge is -2.35. The molecule has 0 spiro atoms. The first kappa shape index (κ1) is 19.3. The van der Waals surface area contributed by atoms with Crippen LogP contribution in [0.4, 0.5) is 5.00 Å². The summed E-state index contributed by atoms with van der Waals surface area (Å²) >= 11 is 3.09. The van der Waals surface area contributed by atoms with Gasteiger partial charge in [0.1, 0.15) is 5.00 Å². The van der Waals surface area contributed by atoms with Crippen molar-refractivity contribution in [1.29, 1.82) is 0 Å². The van der Waals surface area contributed by atoms with E-state index in [4.69, 9.17) is 4.74 Å². The molecule has 0 saturated carbocycles. The fourth-order valence-electron chi connectivity index (χ4n) is 3.53. The van der Waals surface area contributed by atoms with E-state index in [1.165, 1.54) is 21.8 Å². The number of carbonyl (C=O) groups is 1. The van der Waals surface area contributed by atoms with Crippen LogP contribution < -0.4 is 5.32 Å². The Morgan fingerprint density at radius 3 is 2.71 bits per heavy atom. The molecule has 1 amide bonds. The normalized spacial score (nSPS) is 16.1. The second-order valence-electron chi connectivity index (χ2n) is 6.76. The molecule has 0 bridgehead atoms. The molecular formula is C21H23N3O2S2. The Morgan fingerprint density at radius 2 is 2.04 bits per heavy atom. The first-order valence-electron chi connectivity index (χ1n) is 9.32. The second kappa shape index (κ2) is 8.53. The maximum absolute atomic E-state index is 12.7. The van der Waals surface area contributed by atoms with Crippen LogP contribution in [-0.4, -0.2) is 42.1 Å². The minimum Gasteiger partial charge on any atom is -0.379 e. The molecule has 4 heterocycles. The quantitative estimate of drug-likeness (QED) is 0.669. The number of hydrogen-bond acceptors (Lipinski definition) is 6. The average Bonchev–Trinajstić information content (AvgIpc) is 3.35. The van der Waals surface area contributed by atoms with Crippen LogP contribution in [0.25, 0.3) is 0 Å². The van der Waals surface area contributed by atoms with E-state index in [2.05, 4.69) is 35.1 Å². The molecule has 1 atom stereocenters. The first-order chi connectivity index (χ1) is 13.6. The summed E-state index contributed by atoms with van der Waals surface area (Å²) in [6, 6.07) is 9.77. The summed E-state index contributed by atoms with van der Waals surface area (Å²) in [5.41, 5.74) is 3.36. The van der Waals surface area contributed by atoms with Crippen LogP contribution in [-0.2, 0) is 4.74 Å². The van der Waals surface area contributed by atoms with E-state index in [1.54, 1.807) is 11.3 Å². The first-order valence-corrected chi connectivity index (χ1v) is 11.0. The molecular weight excluding hydrogens is 390 g/mol. The lowest BCUT2D eigenvalue weighted by atomic mass is 9.98. The predicted molar refractivity (Wildman–Crippen MR) is 115 cm³/mol. The molecule has 1 aliphatic rings. The largest absolute Gasteiger partial charge is 0.379 e. The standard InChI is InChI=1S/C21H23N3O2S2/c1-14-15(2)28-21(23-20(25)17-7-5-13-27-17)18(14)19(16-6-3-4-8-22-16)24-9-11-26-12-10-24/h3-8,13,19H,9-12H2,1-2H3,(H,23,25)/t19-/m0/s1. The van der Waals surface area contributed by atoms with Gasteiger partial charge < -0.3 is 10.1 Å². The van der Waals surface area contributed by atoms with Gasteiger partial charge in [0.25, 0.3) is 5.91 Å². The smallest absolute Gasteiger partial charge is 0.266 e. The summed E-state index contributed by atoms with van der Waals surface area (Å²) in [4.78, 5) is 21.7. The van der Waals surface area contributed by atoms with E-state index < -0.39 is 0 Å². The number of amides is 1. The molecule has 4 rings (SSSR count). The van der Waals surface area contributed by atoms with E-state index in [-0.39, 0.29) is 11.9 Å². The predicted octanol–water partition coefficient (Wildman–Crippen LogP) is 4.50. The third kappa shape index (κ3) is 3.89. The van der Waals surface area contributed by atoms with Crippen LogP contribution in [0.1, 0.15) is 37.4 Å². The SMILES string of the molecule is Cc1sc(NC(=O)c2cccs2)c([C@H](c2ccccn2)N2CCOCC2)c1C. The highest BCUT2D eigenvalue weighted by atomic mass is 32.1. The van der Waals surface area contributed by atoms with Crippen LogP contribution in [0.3, 0.4) is 0 Å². The van der Waals surface area contributed by atoms with Crippen molar-refractivity contribution < 1.29 is 9.53 Å². The summed E-state index contributed by atoms with van der Waals surface area (Å²) in [7, 11) is 0. The maximum Gasteiger partial charge on any atom is 0.266 e. The minimum atomic E-state index is -0.0563. The van der Waals surface area contributed by atoms with Crippen molar-refractivity contribution in [1.82, 2.24) is 9.88 Å². The zero-order valence-electron chi connectivity index (χ0n) is 16.0. The summed E-state index contributed by atoms with van der Waals surface area (Å²) in [5, 5.41) is 6.00. The second-order valence-corrected chi connectivity index (χ2v) is 8.94.